The summed E-state index contributed by atoms with van der Waals surface area (Å²) >= 11 is 0. The van der Waals surface area contributed by atoms with Crippen molar-refractivity contribution < 1.29 is 14.0 Å². The number of carbonyl (C=O) groups excluding carboxylic acids is 1. The number of rotatable bonds is 9. The predicted octanol–water partition coefficient (Wildman–Crippen LogP) is 3.62. The van der Waals surface area contributed by atoms with Crippen molar-refractivity contribution in [3.05, 3.63) is 0 Å². The van der Waals surface area contributed by atoms with E-state index in [0.717, 1.165) is 17.6 Å². The van der Waals surface area contributed by atoms with E-state index in [2.05, 4.69) is 20.8 Å². The molecular weight excluding hydrogens is 238 g/mol. The van der Waals surface area contributed by atoms with Crippen LogP contribution in [0.2, 0.25) is 0 Å². The fourth-order valence-electron chi connectivity index (χ4n) is 2.33. The molecule has 1 atom stereocenters. The van der Waals surface area contributed by atoms with Crippen LogP contribution >= 0.6 is 0 Å². The lowest BCUT2D eigenvalue weighted by Crippen LogP contribution is -2.51. The topological polar surface area (TPSA) is 26.3 Å². The zero-order chi connectivity index (χ0) is 14.9. The first-order valence-electron chi connectivity index (χ1n) is 7.83. The Morgan fingerprint density at radius 2 is 1.63 bits per heavy atom. The number of quaternary nitrogens is 1. The molecule has 0 aromatic rings. The Hall–Kier alpha value is -0.570. The molecule has 0 aromatic heterocycles. The van der Waals surface area contributed by atoms with E-state index in [0.29, 0.717) is 6.61 Å². The van der Waals surface area contributed by atoms with Gasteiger partial charge in [-0.05, 0) is 40.5 Å². The van der Waals surface area contributed by atoms with Gasteiger partial charge in [-0.1, -0.05) is 20.3 Å². The highest BCUT2D eigenvalue weighted by molar-refractivity contribution is 5.75. The first-order chi connectivity index (χ1) is 8.81. The van der Waals surface area contributed by atoms with Crippen molar-refractivity contribution in [3.8, 4) is 0 Å². The lowest BCUT2D eigenvalue weighted by atomic mass is 9.97. The SMILES string of the molecule is CCCC[N+](CC)(CCC)CCOC(=O)C(C)(C)C. The molecule has 0 aliphatic heterocycles. The smallest absolute Gasteiger partial charge is 0.311 e. The van der Waals surface area contributed by atoms with Gasteiger partial charge in [-0.25, -0.2) is 0 Å². The van der Waals surface area contributed by atoms with Gasteiger partial charge in [0.05, 0.1) is 25.0 Å². The fourth-order valence-corrected chi connectivity index (χ4v) is 2.33. The van der Waals surface area contributed by atoms with Crippen molar-refractivity contribution in [2.75, 3.05) is 32.8 Å². The largest absolute Gasteiger partial charge is 0.459 e. The van der Waals surface area contributed by atoms with E-state index in [4.69, 9.17) is 4.74 Å². The Bertz CT molecular complexity index is 258. The van der Waals surface area contributed by atoms with Crippen molar-refractivity contribution in [1.29, 1.82) is 0 Å². The highest BCUT2D eigenvalue weighted by Gasteiger charge is 2.27. The summed E-state index contributed by atoms with van der Waals surface area (Å²) in [6.07, 6.45) is 3.66. The van der Waals surface area contributed by atoms with E-state index in [1.165, 1.54) is 32.4 Å². The molecule has 0 saturated heterocycles. The van der Waals surface area contributed by atoms with Gasteiger partial charge in [0, 0.05) is 0 Å². The first kappa shape index (κ1) is 18.4. The number of esters is 1. The number of hydrogen-bond donors (Lipinski definition) is 0. The summed E-state index contributed by atoms with van der Waals surface area (Å²) in [6.45, 7) is 17.4. The average Bonchev–Trinajstić information content (AvgIpc) is 2.34. The summed E-state index contributed by atoms with van der Waals surface area (Å²) in [7, 11) is 0. The van der Waals surface area contributed by atoms with Gasteiger partial charge in [-0.2, -0.15) is 0 Å². The predicted molar refractivity (Wildman–Crippen MR) is 81.0 cm³/mol. The van der Waals surface area contributed by atoms with Crippen LogP contribution in [0, 0.1) is 5.41 Å². The number of carbonyl (C=O) groups is 1. The third-order valence-corrected chi connectivity index (χ3v) is 3.77. The maximum Gasteiger partial charge on any atom is 0.311 e. The zero-order valence-corrected chi connectivity index (χ0v) is 13.9. The third-order valence-electron chi connectivity index (χ3n) is 3.77. The summed E-state index contributed by atoms with van der Waals surface area (Å²) in [4.78, 5) is 11.8. The van der Waals surface area contributed by atoms with E-state index in [9.17, 15) is 4.79 Å². The standard InChI is InChI=1S/C16H34NO2/c1-7-10-12-17(9-3,11-8-2)13-14-19-15(18)16(4,5)6/h7-14H2,1-6H3/q+1. The second-order valence-electron chi connectivity index (χ2n) is 6.57. The second-order valence-corrected chi connectivity index (χ2v) is 6.57. The number of ether oxygens (including phenoxy) is 1. The van der Waals surface area contributed by atoms with Crippen molar-refractivity contribution >= 4 is 5.97 Å². The van der Waals surface area contributed by atoms with Gasteiger partial charge >= 0.3 is 5.97 Å². The highest BCUT2D eigenvalue weighted by atomic mass is 16.5. The molecule has 0 amide bonds. The summed E-state index contributed by atoms with van der Waals surface area (Å²) in [6, 6.07) is 0. The Morgan fingerprint density at radius 3 is 2.05 bits per heavy atom. The normalized spacial score (nSPS) is 15.1. The molecule has 0 aromatic carbocycles. The monoisotopic (exact) mass is 272 g/mol. The van der Waals surface area contributed by atoms with Gasteiger partial charge in [0.15, 0.2) is 0 Å². The van der Waals surface area contributed by atoms with Crippen LogP contribution in [0.5, 0.6) is 0 Å². The summed E-state index contributed by atoms with van der Waals surface area (Å²) < 4.78 is 6.52. The van der Waals surface area contributed by atoms with Gasteiger partial charge in [0.25, 0.3) is 0 Å². The minimum Gasteiger partial charge on any atom is -0.459 e. The van der Waals surface area contributed by atoms with E-state index in [-0.39, 0.29) is 5.97 Å². The molecule has 3 nitrogen and oxygen atoms in total. The molecule has 0 aliphatic carbocycles. The summed E-state index contributed by atoms with van der Waals surface area (Å²) in [5.41, 5.74) is -0.393. The molecule has 1 unspecified atom stereocenters. The highest BCUT2D eigenvalue weighted by Crippen LogP contribution is 2.16. The maximum atomic E-state index is 11.8. The van der Waals surface area contributed by atoms with Gasteiger partial charge in [-0.3, -0.25) is 4.79 Å². The van der Waals surface area contributed by atoms with Crippen LogP contribution in [0.25, 0.3) is 0 Å². The molecule has 19 heavy (non-hydrogen) atoms. The van der Waals surface area contributed by atoms with Crippen LogP contribution in [0.3, 0.4) is 0 Å². The molecule has 0 N–H and O–H groups in total. The molecule has 0 radical (unpaired) electrons. The molecule has 0 spiro atoms. The Kier molecular flexibility index (Phi) is 8.31. The van der Waals surface area contributed by atoms with Crippen LogP contribution in [0.15, 0.2) is 0 Å². The van der Waals surface area contributed by atoms with Crippen molar-refractivity contribution in [2.45, 2.75) is 60.8 Å². The van der Waals surface area contributed by atoms with Crippen LogP contribution in [0.4, 0.5) is 0 Å². The van der Waals surface area contributed by atoms with Gasteiger partial charge in [0.1, 0.15) is 13.2 Å². The van der Waals surface area contributed by atoms with E-state index < -0.39 is 5.41 Å². The molecule has 3 heteroatoms. The molecule has 0 rings (SSSR count). The van der Waals surface area contributed by atoms with Crippen LogP contribution in [0.1, 0.15) is 60.8 Å². The molecule has 0 bridgehead atoms. The first-order valence-corrected chi connectivity index (χ1v) is 7.83. The third kappa shape index (κ3) is 6.95. The minimum absolute atomic E-state index is 0.0892. The lowest BCUT2D eigenvalue weighted by Gasteiger charge is -2.37. The molecular formula is C16H34NO2+. The van der Waals surface area contributed by atoms with Gasteiger partial charge in [0.2, 0.25) is 0 Å². The summed E-state index contributed by atoms with van der Waals surface area (Å²) in [5, 5.41) is 0. The maximum absolute atomic E-state index is 11.8. The van der Waals surface area contributed by atoms with Crippen LogP contribution in [-0.2, 0) is 9.53 Å². The average molecular weight is 272 g/mol. The fraction of sp³-hybridized carbons (Fsp3) is 0.938. The Labute approximate surface area is 119 Å². The molecule has 0 aliphatic rings. The van der Waals surface area contributed by atoms with Gasteiger partial charge < -0.3 is 9.22 Å². The van der Waals surface area contributed by atoms with E-state index >= 15 is 0 Å². The van der Waals surface area contributed by atoms with Crippen molar-refractivity contribution in [1.82, 2.24) is 0 Å². The van der Waals surface area contributed by atoms with Gasteiger partial charge in [-0.15, -0.1) is 0 Å². The minimum atomic E-state index is -0.393. The van der Waals surface area contributed by atoms with E-state index in [1.807, 2.05) is 20.8 Å². The number of nitrogens with zero attached hydrogens (tertiary/aromatic N) is 1. The molecule has 0 fully saturated rings. The van der Waals surface area contributed by atoms with Crippen LogP contribution in [-0.4, -0.2) is 43.2 Å². The number of hydrogen-bond acceptors (Lipinski definition) is 2. The van der Waals surface area contributed by atoms with Crippen molar-refractivity contribution in [3.63, 3.8) is 0 Å². The molecule has 0 heterocycles. The Balaban J connectivity index is 4.36. The quantitative estimate of drug-likeness (QED) is 0.473. The number of likely N-dealkylation sites (N-methyl/N-ethyl adjacent to an activating group) is 1. The molecule has 114 valence electrons. The lowest BCUT2D eigenvalue weighted by molar-refractivity contribution is -0.927. The van der Waals surface area contributed by atoms with Crippen LogP contribution < -0.4 is 0 Å². The second kappa shape index (κ2) is 8.57. The van der Waals surface area contributed by atoms with E-state index in [1.54, 1.807) is 0 Å². The molecule has 0 saturated carbocycles. The number of unbranched alkanes of at least 4 members (excludes halogenated alkanes) is 1. The summed E-state index contributed by atoms with van der Waals surface area (Å²) in [5.74, 6) is -0.0892. The zero-order valence-electron chi connectivity index (χ0n) is 13.9. The van der Waals surface area contributed by atoms with Crippen molar-refractivity contribution in [2.24, 2.45) is 5.41 Å². The Morgan fingerprint density at radius 1 is 1.00 bits per heavy atom.